The molecular weight excluding hydrogens is 396 g/mol. The molecule has 0 amide bonds. The smallest absolute Gasteiger partial charge is 0.419 e. The lowest BCUT2D eigenvalue weighted by atomic mass is 9.78. The van der Waals surface area contributed by atoms with Crippen molar-refractivity contribution in [2.75, 3.05) is 13.8 Å². The van der Waals surface area contributed by atoms with Crippen molar-refractivity contribution >= 4 is 11.9 Å². The zero-order chi connectivity index (χ0) is 21.4. The SMILES string of the molecule is COC(=O)C1=C(CF)NC(C)=C(C(=O)O)C1c1c(F)ccc(F)c1C(F)(F)F. The van der Waals surface area contributed by atoms with Crippen LogP contribution in [0.4, 0.5) is 26.3 Å². The number of hydrogen-bond donors (Lipinski definition) is 2. The first-order chi connectivity index (χ1) is 12.9. The fraction of sp³-hybridized carbons (Fsp3) is 0.294. The summed E-state index contributed by atoms with van der Waals surface area (Å²) in [5.41, 5.74) is -6.27. The number of ether oxygens (including phenoxy) is 1. The second-order valence-corrected chi connectivity index (χ2v) is 5.73. The summed E-state index contributed by atoms with van der Waals surface area (Å²) in [6, 6.07) is 0.581. The van der Waals surface area contributed by atoms with E-state index in [2.05, 4.69) is 10.1 Å². The molecule has 0 radical (unpaired) electrons. The normalized spacial score (nSPS) is 17.5. The lowest BCUT2D eigenvalue weighted by molar-refractivity contribution is -0.142. The Bertz CT molecular complexity index is 904. The molecule has 2 N–H and O–H groups in total. The van der Waals surface area contributed by atoms with Crippen molar-refractivity contribution in [3.8, 4) is 0 Å². The van der Waals surface area contributed by atoms with E-state index in [4.69, 9.17) is 0 Å². The molecule has 0 aliphatic carbocycles. The zero-order valence-corrected chi connectivity index (χ0v) is 14.4. The molecule has 1 atom stereocenters. The van der Waals surface area contributed by atoms with Crippen LogP contribution in [0.3, 0.4) is 0 Å². The molecule has 28 heavy (non-hydrogen) atoms. The second-order valence-electron chi connectivity index (χ2n) is 5.73. The van der Waals surface area contributed by atoms with Crippen LogP contribution in [0.5, 0.6) is 0 Å². The first-order valence-corrected chi connectivity index (χ1v) is 7.59. The maximum Gasteiger partial charge on any atom is 0.419 e. The van der Waals surface area contributed by atoms with Crippen LogP contribution in [0, 0.1) is 11.6 Å². The Labute approximate surface area is 154 Å². The number of hydrogen-bond acceptors (Lipinski definition) is 4. The van der Waals surface area contributed by atoms with Gasteiger partial charge >= 0.3 is 18.1 Å². The second kappa shape index (κ2) is 7.56. The Morgan fingerprint density at radius 3 is 2.21 bits per heavy atom. The van der Waals surface area contributed by atoms with Gasteiger partial charge in [0.25, 0.3) is 0 Å². The van der Waals surface area contributed by atoms with Crippen molar-refractivity contribution in [1.82, 2.24) is 5.32 Å². The van der Waals surface area contributed by atoms with Crippen LogP contribution in [0.25, 0.3) is 0 Å². The molecular formula is C17H13F6NO4. The fourth-order valence-corrected chi connectivity index (χ4v) is 3.06. The number of alkyl halides is 4. The third kappa shape index (κ3) is 3.56. The Balaban J connectivity index is 3.01. The maximum atomic E-state index is 14.5. The molecule has 0 bridgehead atoms. The number of allylic oxidation sites excluding steroid dienone is 2. The quantitative estimate of drug-likeness (QED) is 0.589. The van der Waals surface area contributed by atoms with Crippen LogP contribution in [0.2, 0.25) is 0 Å². The molecule has 1 aromatic rings. The third-order valence-corrected chi connectivity index (χ3v) is 4.13. The molecule has 0 saturated heterocycles. The lowest BCUT2D eigenvalue weighted by Gasteiger charge is -2.31. The summed E-state index contributed by atoms with van der Waals surface area (Å²) in [7, 11) is 0.820. The number of methoxy groups -OCH3 is 1. The molecule has 0 saturated carbocycles. The van der Waals surface area contributed by atoms with Crippen molar-refractivity contribution in [2.24, 2.45) is 0 Å². The average Bonchev–Trinajstić information content (AvgIpc) is 2.60. The summed E-state index contributed by atoms with van der Waals surface area (Å²) in [6.45, 7) is -0.339. The number of aliphatic carboxylic acids is 1. The highest BCUT2D eigenvalue weighted by Gasteiger charge is 2.46. The number of carboxylic acids is 1. The minimum absolute atomic E-state index is 0.220. The van der Waals surface area contributed by atoms with Gasteiger partial charge in [0.2, 0.25) is 0 Å². The number of benzene rings is 1. The first kappa shape index (κ1) is 21.3. The Kier molecular flexibility index (Phi) is 5.76. The monoisotopic (exact) mass is 409 g/mol. The summed E-state index contributed by atoms with van der Waals surface area (Å²) in [5, 5.41) is 11.7. The number of halogens is 6. The van der Waals surface area contributed by atoms with Gasteiger partial charge < -0.3 is 15.2 Å². The predicted octanol–water partition coefficient (Wildman–Crippen LogP) is 3.43. The Morgan fingerprint density at radius 2 is 1.75 bits per heavy atom. The van der Waals surface area contributed by atoms with Gasteiger partial charge in [0.05, 0.1) is 35.4 Å². The van der Waals surface area contributed by atoms with E-state index in [9.17, 15) is 41.0 Å². The molecule has 11 heteroatoms. The van der Waals surface area contributed by atoms with Crippen LogP contribution in [-0.2, 0) is 20.5 Å². The summed E-state index contributed by atoms with van der Waals surface area (Å²) < 4.78 is 86.8. The average molecular weight is 409 g/mol. The molecule has 1 aliphatic rings. The van der Waals surface area contributed by atoms with Crippen LogP contribution in [0.15, 0.2) is 34.7 Å². The standard InChI is InChI=1S/C17H13F6NO4/c1-6-10(15(25)26)13(12(16(27)28-2)9(5-18)24-6)11-7(19)3-4-8(20)14(11)17(21,22)23/h3-4,13,24H,5H2,1-2H3,(H,25,26). The molecule has 1 aliphatic heterocycles. The van der Waals surface area contributed by atoms with E-state index in [1.54, 1.807) is 0 Å². The summed E-state index contributed by atoms with van der Waals surface area (Å²) >= 11 is 0. The fourth-order valence-electron chi connectivity index (χ4n) is 3.06. The molecule has 152 valence electrons. The third-order valence-electron chi connectivity index (χ3n) is 4.13. The van der Waals surface area contributed by atoms with E-state index in [-0.39, 0.29) is 11.8 Å². The Morgan fingerprint density at radius 1 is 1.18 bits per heavy atom. The first-order valence-electron chi connectivity index (χ1n) is 7.59. The van der Waals surface area contributed by atoms with Crippen LogP contribution in [-0.4, -0.2) is 30.8 Å². The van der Waals surface area contributed by atoms with E-state index in [0.29, 0.717) is 6.07 Å². The van der Waals surface area contributed by atoms with E-state index in [1.165, 1.54) is 0 Å². The molecule has 1 heterocycles. The van der Waals surface area contributed by atoms with Crippen LogP contribution in [0.1, 0.15) is 24.0 Å². The van der Waals surface area contributed by atoms with Crippen molar-refractivity contribution in [3.63, 3.8) is 0 Å². The van der Waals surface area contributed by atoms with Gasteiger partial charge in [0.1, 0.15) is 18.3 Å². The number of carboxylic acid groups (broad SMARTS) is 1. The number of rotatable bonds is 4. The molecule has 0 spiro atoms. The van der Waals surface area contributed by atoms with Crippen molar-refractivity contribution < 1.29 is 45.8 Å². The molecule has 0 aromatic heterocycles. The van der Waals surface area contributed by atoms with Gasteiger partial charge in [-0.1, -0.05) is 0 Å². The largest absolute Gasteiger partial charge is 0.478 e. The van der Waals surface area contributed by atoms with Gasteiger partial charge in [0, 0.05) is 11.3 Å². The van der Waals surface area contributed by atoms with E-state index < -0.39 is 70.3 Å². The number of carbonyl (C=O) groups is 2. The Hall–Kier alpha value is -2.98. The van der Waals surface area contributed by atoms with Crippen LogP contribution >= 0.6 is 0 Å². The molecule has 5 nitrogen and oxygen atoms in total. The number of nitrogens with one attached hydrogen (secondary N) is 1. The number of esters is 1. The number of carbonyl (C=O) groups excluding carboxylic acids is 1. The van der Waals surface area contributed by atoms with Crippen molar-refractivity contribution in [3.05, 3.63) is 57.4 Å². The van der Waals surface area contributed by atoms with E-state index in [1.807, 2.05) is 0 Å². The molecule has 0 fully saturated rings. The van der Waals surface area contributed by atoms with Gasteiger partial charge in [-0.05, 0) is 19.1 Å². The maximum absolute atomic E-state index is 14.5. The topological polar surface area (TPSA) is 75.6 Å². The molecule has 1 unspecified atom stereocenters. The molecule has 1 aromatic carbocycles. The van der Waals surface area contributed by atoms with Gasteiger partial charge in [-0.2, -0.15) is 13.2 Å². The van der Waals surface area contributed by atoms with Crippen molar-refractivity contribution in [2.45, 2.75) is 19.0 Å². The highest BCUT2D eigenvalue weighted by atomic mass is 19.4. The lowest BCUT2D eigenvalue weighted by Crippen LogP contribution is -2.34. The van der Waals surface area contributed by atoms with E-state index in [0.717, 1.165) is 14.0 Å². The summed E-state index contributed by atoms with van der Waals surface area (Å²) in [5.74, 6) is -8.97. The van der Waals surface area contributed by atoms with Crippen LogP contribution < -0.4 is 5.32 Å². The van der Waals surface area contributed by atoms with E-state index >= 15 is 0 Å². The zero-order valence-electron chi connectivity index (χ0n) is 14.4. The highest BCUT2D eigenvalue weighted by molar-refractivity contribution is 5.99. The summed E-state index contributed by atoms with van der Waals surface area (Å²) in [6.07, 6.45) is -5.43. The van der Waals surface area contributed by atoms with Gasteiger partial charge in [-0.15, -0.1) is 0 Å². The predicted molar refractivity (Wildman–Crippen MR) is 82.6 cm³/mol. The minimum atomic E-state index is -5.43. The minimum Gasteiger partial charge on any atom is -0.478 e. The van der Waals surface area contributed by atoms with Gasteiger partial charge in [0.15, 0.2) is 0 Å². The molecule has 2 rings (SSSR count). The van der Waals surface area contributed by atoms with Crippen molar-refractivity contribution in [1.29, 1.82) is 0 Å². The highest BCUT2D eigenvalue weighted by Crippen LogP contribution is 2.46. The van der Waals surface area contributed by atoms with Gasteiger partial charge in [-0.3, -0.25) is 0 Å². The van der Waals surface area contributed by atoms with Gasteiger partial charge in [-0.25, -0.2) is 22.8 Å². The number of dihydropyridines is 1. The summed E-state index contributed by atoms with van der Waals surface area (Å²) in [4.78, 5) is 23.8.